The first-order valence-corrected chi connectivity index (χ1v) is 10.9. The van der Waals surface area contributed by atoms with Gasteiger partial charge < -0.3 is 4.74 Å². The first-order chi connectivity index (χ1) is 13.4. The fraction of sp³-hybridized carbons (Fsp3) is 0.368. The Morgan fingerprint density at radius 3 is 2.64 bits per heavy atom. The number of ether oxygens (including phenoxy) is 1. The summed E-state index contributed by atoms with van der Waals surface area (Å²) in [7, 11) is -3.48. The molecule has 8 nitrogen and oxygen atoms in total. The van der Waals surface area contributed by atoms with E-state index >= 15 is 0 Å². The summed E-state index contributed by atoms with van der Waals surface area (Å²) in [6.45, 7) is 0.635. The molecule has 1 saturated carbocycles. The fourth-order valence-electron chi connectivity index (χ4n) is 3.03. The molecule has 1 aliphatic heterocycles. The highest BCUT2D eigenvalue weighted by atomic mass is 32.2. The molecule has 9 heteroatoms. The average Bonchev–Trinajstić information content (AvgIpc) is 3.30. The van der Waals surface area contributed by atoms with Crippen LogP contribution in [0.5, 0.6) is 5.75 Å². The van der Waals surface area contributed by atoms with Crippen LogP contribution in [-0.2, 0) is 25.6 Å². The van der Waals surface area contributed by atoms with Gasteiger partial charge in [0.1, 0.15) is 5.75 Å². The summed E-state index contributed by atoms with van der Waals surface area (Å²) in [5.74, 6) is 1.36. The molecule has 0 N–H and O–H groups in total. The monoisotopic (exact) mass is 403 g/mol. The van der Waals surface area contributed by atoms with Crippen molar-refractivity contribution >= 4 is 21.7 Å². The first kappa shape index (κ1) is 18.7. The van der Waals surface area contributed by atoms with E-state index in [-0.39, 0.29) is 24.8 Å². The van der Waals surface area contributed by atoms with Crippen LogP contribution in [0.25, 0.3) is 0 Å². The van der Waals surface area contributed by atoms with Crippen LogP contribution in [0.2, 0.25) is 0 Å². The van der Waals surface area contributed by atoms with Gasteiger partial charge in [0.25, 0.3) is 16.0 Å². The molecule has 1 aromatic carbocycles. The summed E-state index contributed by atoms with van der Waals surface area (Å²) in [5, 5.41) is 4.14. The van der Waals surface area contributed by atoms with Crippen molar-refractivity contribution in [3.05, 3.63) is 54.1 Å². The van der Waals surface area contributed by atoms with Crippen molar-refractivity contribution in [1.82, 2.24) is 9.78 Å². The van der Waals surface area contributed by atoms with Gasteiger partial charge >= 0.3 is 0 Å². The lowest BCUT2D eigenvalue weighted by molar-refractivity contribution is -0.116. The summed E-state index contributed by atoms with van der Waals surface area (Å²) in [6.07, 6.45) is 8.45. The Bertz CT molecular complexity index is 1010. The SMILES string of the molecule is CS(=O)(=O)OCCn1cc(N2CC=C(Oc3ccc(C4CC4)cc3)C2=O)cn1. The van der Waals surface area contributed by atoms with Gasteiger partial charge in [-0.3, -0.25) is 18.6 Å². The summed E-state index contributed by atoms with van der Waals surface area (Å²) >= 11 is 0. The van der Waals surface area contributed by atoms with E-state index in [0.29, 0.717) is 23.9 Å². The minimum Gasteiger partial charge on any atom is -0.452 e. The molecule has 0 saturated heterocycles. The van der Waals surface area contributed by atoms with E-state index < -0.39 is 10.1 Å². The van der Waals surface area contributed by atoms with Crippen molar-refractivity contribution in [2.45, 2.75) is 25.3 Å². The number of hydrogen-bond acceptors (Lipinski definition) is 6. The summed E-state index contributed by atoms with van der Waals surface area (Å²) in [6, 6.07) is 7.88. The second kappa shape index (κ2) is 7.40. The van der Waals surface area contributed by atoms with E-state index in [9.17, 15) is 13.2 Å². The van der Waals surface area contributed by atoms with Crippen molar-refractivity contribution < 1.29 is 22.1 Å². The van der Waals surface area contributed by atoms with Crippen LogP contribution in [0, 0.1) is 0 Å². The molecule has 0 spiro atoms. The second-order valence-corrected chi connectivity index (χ2v) is 8.56. The number of carbonyl (C=O) groups excluding carboxylic acids is 1. The lowest BCUT2D eigenvalue weighted by atomic mass is 10.1. The lowest BCUT2D eigenvalue weighted by Crippen LogP contribution is -2.27. The van der Waals surface area contributed by atoms with Gasteiger partial charge in [-0.1, -0.05) is 12.1 Å². The van der Waals surface area contributed by atoms with Gasteiger partial charge in [0, 0.05) is 12.7 Å². The third-order valence-corrected chi connectivity index (χ3v) is 5.22. The number of benzene rings is 1. The van der Waals surface area contributed by atoms with Gasteiger partial charge in [-0.05, 0) is 42.5 Å². The van der Waals surface area contributed by atoms with E-state index in [1.807, 2.05) is 24.3 Å². The molecule has 0 atom stereocenters. The van der Waals surface area contributed by atoms with E-state index in [1.54, 1.807) is 23.4 Å². The van der Waals surface area contributed by atoms with E-state index in [4.69, 9.17) is 8.92 Å². The topological polar surface area (TPSA) is 90.7 Å². The van der Waals surface area contributed by atoms with E-state index in [0.717, 1.165) is 6.26 Å². The standard InChI is InChI=1S/C19H21N3O5S/c1-28(24,25)26-11-10-21-13-16(12-20-21)22-9-8-18(19(22)23)27-17-6-4-15(5-7-17)14-2-3-14/h4-8,12-14H,2-3,9-11H2,1H3. The summed E-state index contributed by atoms with van der Waals surface area (Å²) < 4.78 is 34.0. The molecule has 4 rings (SSSR count). The largest absolute Gasteiger partial charge is 0.452 e. The van der Waals surface area contributed by atoms with E-state index in [2.05, 4.69) is 5.10 Å². The van der Waals surface area contributed by atoms with Gasteiger partial charge in [0.2, 0.25) is 0 Å². The zero-order valence-electron chi connectivity index (χ0n) is 15.4. The van der Waals surface area contributed by atoms with Crippen molar-refractivity contribution in [3.8, 4) is 5.75 Å². The zero-order valence-corrected chi connectivity index (χ0v) is 16.3. The number of rotatable bonds is 8. The molecule has 2 aromatic rings. The van der Waals surface area contributed by atoms with Crippen LogP contribution in [-0.4, -0.2) is 43.5 Å². The summed E-state index contributed by atoms with van der Waals surface area (Å²) in [4.78, 5) is 14.2. The zero-order chi connectivity index (χ0) is 19.7. The molecule has 1 amide bonds. The quantitative estimate of drug-likeness (QED) is 0.627. The molecule has 1 aliphatic carbocycles. The molecule has 2 heterocycles. The van der Waals surface area contributed by atoms with Crippen LogP contribution in [0.3, 0.4) is 0 Å². The lowest BCUT2D eigenvalue weighted by Gasteiger charge is -2.14. The second-order valence-electron chi connectivity index (χ2n) is 6.92. The van der Waals surface area contributed by atoms with Crippen molar-refractivity contribution in [1.29, 1.82) is 0 Å². The third-order valence-electron chi connectivity index (χ3n) is 4.62. The van der Waals surface area contributed by atoms with Crippen LogP contribution in [0.1, 0.15) is 24.3 Å². The first-order valence-electron chi connectivity index (χ1n) is 9.06. The minimum atomic E-state index is -3.48. The molecule has 1 aromatic heterocycles. The predicted octanol–water partition coefficient (Wildman–Crippen LogP) is 2.05. The Balaban J connectivity index is 1.34. The average molecular weight is 403 g/mol. The number of hydrogen-bond donors (Lipinski definition) is 0. The van der Waals surface area contributed by atoms with Gasteiger partial charge in [-0.25, -0.2) is 0 Å². The normalized spacial score (nSPS) is 17.1. The molecule has 0 unspecified atom stereocenters. The molecule has 0 radical (unpaired) electrons. The highest BCUT2D eigenvalue weighted by molar-refractivity contribution is 7.85. The summed E-state index contributed by atoms with van der Waals surface area (Å²) in [5.41, 5.74) is 1.93. The molecule has 1 fully saturated rings. The Kier molecular flexibility index (Phi) is 4.94. The Morgan fingerprint density at radius 1 is 1.21 bits per heavy atom. The Labute approximate surface area is 163 Å². The van der Waals surface area contributed by atoms with Gasteiger partial charge in [-0.2, -0.15) is 13.5 Å². The van der Waals surface area contributed by atoms with Gasteiger partial charge in [-0.15, -0.1) is 0 Å². The number of amides is 1. The number of carbonyl (C=O) groups is 1. The highest BCUT2D eigenvalue weighted by Gasteiger charge is 2.28. The van der Waals surface area contributed by atoms with Gasteiger partial charge in [0.15, 0.2) is 5.76 Å². The molecule has 2 aliphatic rings. The van der Waals surface area contributed by atoms with Crippen LogP contribution < -0.4 is 9.64 Å². The van der Waals surface area contributed by atoms with Crippen molar-refractivity contribution in [2.24, 2.45) is 0 Å². The Hall–Kier alpha value is -2.65. The molecule has 0 bridgehead atoms. The molecular formula is C19H21N3O5S. The fourth-order valence-corrected chi connectivity index (χ4v) is 3.41. The number of anilines is 1. The maximum atomic E-state index is 12.6. The number of nitrogens with zero attached hydrogens (tertiary/aromatic N) is 3. The molecule has 28 heavy (non-hydrogen) atoms. The van der Waals surface area contributed by atoms with Crippen LogP contribution in [0.15, 0.2) is 48.5 Å². The maximum Gasteiger partial charge on any atom is 0.294 e. The van der Waals surface area contributed by atoms with E-state index in [1.165, 1.54) is 23.1 Å². The smallest absolute Gasteiger partial charge is 0.294 e. The van der Waals surface area contributed by atoms with Crippen molar-refractivity contribution in [3.63, 3.8) is 0 Å². The maximum absolute atomic E-state index is 12.6. The van der Waals surface area contributed by atoms with Gasteiger partial charge in [0.05, 0.1) is 31.3 Å². The Morgan fingerprint density at radius 2 is 1.96 bits per heavy atom. The molecule has 148 valence electrons. The highest BCUT2D eigenvalue weighted by Crippen LogP contribution is 2.40. The minimum absolute atomic E-state index is 0.0165. The van der Waals surface area contributed by atoms with Crippen LogP contribution >= 0.6 is 0 Å². The predicted molar refractivity (Wildman–Crippen MR) is 103 cm³/mol. The van der Waals surface area contributed by atoms with Crippen LogP contribution in [0.4, 0.5) is 5.69 Å². The molecular weight excluding hydrogens is 382 g/mol. The van der Waals surface area contributed by atoms with Crippen molar-refractivity contribution in [2.75, 3.05) is 24.3 Å². The third kappa shape index (κ3) is 4.42. The number of aromatic nitrogens is 2.